The fraction of sp³-hybridized carbons (Fsp3) is 0.583. The Bertz CT molecular complexity index is 323. The third kappa shape index (κ3) is 3.68. The largest absolute Gasteiger partial charge is 0.308 e. The summed E-state index contributed by atoms with van der Waals surface area (Å²) in [5, 5.41) is 3.65. The van der Waals surface area contributed by atoms with Crippen LogP contribution >= 0.6 is 23.5 Å². The van der Waals surface area contributed by atoms with Gasteiger partial charge in [0.2, 0.25) is 0 Å². The first-order valence-electron chi connectivity index (χ1n) is 5.64. The van der Waals surface area contributed by atoms with Crippen molar-refractivity contribution in [2.24, 2.45) is 0 Å². The van der Waals surface area contributed by atoms with E-state index in [0.29, 0.717) is 6.04 Å². The van der Waals surface area contributed by atoms with E-state index in [4.69, 9.17) is 0 Å². The Labute approximate surface area is 106 Å². The molecule has 1 fully saturated rings. The van der Waals surface area contributed by atoms with E-state index >= 15 is 0 Å². The molecule has 0 aromatic carbocycles. The molecule has 16 heavy (non-hydrogen) atoms. The van der Waals surface area contributed by atoms with Gasteiger partial charge < -0.3 is 5.32 Å². The van der Waals surface area contributed by atoms with Crippen LogP contribution in [-0.2, 0) is 6.54 Å². The number of pyridine rings is 1. The molecule has 1 saturated heterocycles. The van der Waals surface area contributed by atoms with E-state index in [9.17, 15) is 0 Å². The summed E-state index contributed by atoms with van der Waals surface area (Å²) in [6.07, 6.45) is 3.81. The summed E-state index contributed by atoms with van der Waals surface area (Å²) in [7, 11) is 0. The fourth-order valence-electron chi connectivity index (χ4n) is 1.69. The average Bonchev–Trinajstić information content (AvgIpc) is 2.56. The minimum absolute atomic E-state index is 0.657. The molecule has 88 valence electrons. The molecule has 0 bridgehead atoms. The summed E-state index contributed by atoms with van der Waals surface area (Å²) >= 11 is 4.14. The number of aryl methyl sites for hydroxylation is 1. The van der Waals surface area contributed by atoms with Gasteiger partial charge in [-0.25, -0.2) is 0 Å². The van der Waals surface area contributed by atoms with Gasteiger partial charge in [0, 0.05) is 48.0 Å². The lowest BCUT2D eigenvalue weighted by Crippen LogP contribution is -2.32. The molecule has 0 unspecified atom stereocenters. The first-order valence-corrected chi connectivity index (χ1v) is 7.95. The van der Waals surface area contributed by atoms with Crippen LogP contribution in [0.3, 0.4) is 0 Å². The molecular formula is C12H18N2S2. The smallest absolute Gasteiger partial charge is 0.0300 e. The van der Waals surface area contributed by atoms with Crippen LogP contribution in [-0.4, -0.2) is 34.0 Å². The van der Waals surface area contributed by atoms with Crippen molar-refractivity contribution in [2.75, 3.05) is 23.0 Å². The second kappa shape index (κ2) is 6.52. The topological polar surface area (TPSA) is 24.9 Å². The molecule has 1 N–H and O–H groups in total. The zero-order chi connectivity index (χ0) is 11.2. The Kier molecular flexibility index (Phi) is 5.00. The zero-order valence-electron chi connectivity index (χ0n) is 9.61. The van der Waals surface area contributed by atoms with Gasteiger partial charge in [-0.1, -0.05) is 0 Å². The van der Waals surface area contributed by atoms with Gasteiger partial charge in [0.05, 0.1) is 0 Å². The summed E-state index contributed by atoms with van der Waals surface area (Å²) in [5.41, 5.74) is 2.65. The van der Waals surface area contributed by atoms with Gasteiger partial charge in [0.1, 0.15) is 0 Å². The van der Waals surface area contributed by atoms with Crippen molar-refractivity contribution in [3.63, 3.8) is 0 Å². The predicted octanol–water partition coefficient (Wildman–Crippen LogP) is 2.33. The van der Waals surface area contributed by atoms with Gasteiger partial charge in [-0.3, -0.25) is 4.98 Å². The van der Waals surface area contributed by atoms with Crippen LogP contribution in [0.1, 0.15) is 11.1 Å². The van der Waals surface area contributed by atoms with Crippen LogP contribution in [0.15, 0.2) is 18.5 Å². The molecule has 0 saturated carbocycles. The molecule has 0 aliphatic carbocycles. The standard InChI is InChI=1S/C12H18N2S2/c1-10-6-13-3-2-11(10)7-14-12-8-15-4-5-16-9-12/h2-3,6,12,14H,4-5,7-9H2,1H3. The lowest BCUT2D eigenvalue weighted by atomic mass is 10.1. The average molecular weight is 254 g/mol. The molecule has 2 rings (SSSR count). The Balaban J connectivity index is 1.84. The highest BCUT2D eigenvalue weighted by atomic mass is 32.2. The Morgan fingerprint density at radius 3 is 2.81 bits per heavy atom. The van der Waals surface area contributed by atoms with E-state index < -0.39 is 0 Å². The van der Waals surface area contributed by atoms with Gasteiger partial charge in [-0.2, -0.15) is 23.5 Å². The lowest BCUT2D eigenvalue weighted by molar-refractivity contribution is 0.602. The molecule has 0 atom stereocenters. The normalized spacial score (nSPS) is 18.3. The van der Waals surface area contributed by atoms with Crippen LogP contribution in [0.25, 0.3) is 0 Å². The van der Waals surface area contributed by atoms with Gasteiger partial charge in [-0.05, 0) is 24.1 Å². The Hall–Kier alpha value is -0.190. The minimum atomic E-state index is 0.657. The molecule has 0 radical (unpaired) electrons. The lowest BCUT2D eigenvalue weighted by Gasteiger charge is -2.16. The number of hydrogen-bond donors (Lipinski definition) is 1. The quantitative estimate of drug-likeness (QED) is 0.895. The Morgan fingerprint density at radius 2 is 2.12 bits per heavy atom. The van der Waals surface area contributed by atoms with Gasteiger partial charge in [0.25, 0.3) is 0 Å². The van der Waals surface area contributed by atoms with Crippen LogP contribution < -0.4 is 5.32 Å². The SMILES string of the molecule is Cc1cnccc1CNC1CSCCSC1. The van der Waals surface area contributed by atoms with Crippen molar-refractivity contribution in [1.29, 1.82) is 0 Å². The summed E-state index contributed by atoms with van der Waals surface area (Å²) in [4.78, 5) is 4.12. The summed E-state index contributed by atoms with van der Waals surface area (Å²) in [6, 6.07) is 2.77. The highest BCUT2D eigenvalue weighted by Gasteiger charge is 2.12. The molecule has 0 amide bonds. The molecule has 4 heteroatoms. The van der Waals surface area contributed by atoms with Crippen LogP contribution in [0, 0.1) is 6.92 Å². The molecule has 1 aliphatic rings. The number of aromatic nitrogens is 1. The molecule has 1 aliphatic heterocycles. The molecule has 1 aromatic rings. The van der Waals surface area contributed by atoms with E-state index in [1.165, 1.54) is 34.1 Å². The van der Waals surface area contributed by atoms with Gasteiger partial charge >= 0.3 is 0 Å². The van der Waals surface area contributed by atoms with Gasteiger partial charge in [0.15, 0.2) is 0 Å². The van der Waals surface area contributed by atoms with Crippen molar-refractivity contribution in [2.45, 2.75) is 19.5 Å². The number of nitrogens with zero attached hydrogens (tertiary/aromatic N) is 1. The molecule has 0 spiro atoms. The maximum atomic E-state index is 4.12. The molecule has 1 aromatic heterocycles. The molecular weight excluding hydrogens is 236 g/mol. The summed E-state index contributed by atoms with van der Waals surface area (Å²) in [6.45, 7) is 3.10. The van der Waals surface area contributed by atoms with E-state index in [2.05, 4.69) is 46.8 Å². The number of rotatable bonds is 3. The molecule has 2 nitrogen and oxygen atoms in total. The predicted molar refractivity (Wildman–Crippen MR) is 74.3 cm³/mol. The highest BCUT2D eigenvalue weighted by Crippen LogP contribution is 2.17. The van der Waals surface area contributed by atoms with Crippen molar-refractivity contribution in [1.82, 2.24) is 10.3 Å². The van der Waals surface area contributed by atoms with E-state index in [-0.39, 0.29) is 0 Å². The third-order valence-corrected chi connectivity index (χ3v) is 5.25. The minimum Gasteiger partial charge on any atom is -0.308 e. The number of hydrogen-bond acceptors (Lipinski definition) is 4. The van der Waals surface area contributed by atoms with E-state index in [1.807, 2.05) is 12.4 Å². The first kappa shape index (κ1) is 12.3. The van der Waals surface area contributed by atoms with Gasteiger partial charge in [-0.15, -0.1) is 0 Å². The third-order valence-electron chi connectivity index (χ3n) is 2.73. The first-order chi connectivity index (χ1) is 7.86. The fourth-order valence-corrected chi connectivity index (χ4v) is 4.16. The maximum absolute atomic E-state index is 4.12. The highest BCUT2D eigenvalue weighted by molar-refractivity contribution is 8.03. The summed E-state index contributed by atoms with van der Waals surface area (Å²) < 4.78 is 0. The summed E-state index contributed by atoms with van der Waals surface area (Å²) in [5.74, 6) is 5.10. The monoisotopic (exact) mass is 254 g/mol. The maximum Gasteiger partial charge on any atom is 0.0300 e. The Morgan fingerprint density at radius 1 is 1.38 bits per heavy atom. The molecule has 2 heterocycles. The van der Waals surface area contributed by atoms with Crippen molar-refractivity contribution in [3.8, 4) is 0 Å². The van der Waals surface area contributed by atoms with E-state index in [1.54, 1.807) is 0 Å². The van der Waals surface area contributed by atoms with Crippen molar-refractivity contribution < 1.29 is 0 Å². The van der Waals surface area contributed by atoms with Crippen molar-refractivity contribution >= 4 is 23.5 Å². The zero-order valence-corrected chi connectivity index (χ0v) is 11.2. The second-order valence-corrected chi connectivity index (χ2v) is 6.33. The number of thioether (sulfide) groups is 2. The van der Waals surface area contributed by atoms with Crippen LogP contribution in [0.4, 0.5) is 0 Å². The van der Waals surface area contributed by atoms with E-state index in [0.717, 1.165) is 6.54 Å². The number of nitrogens with one attached hydrogen (secondary N) is 1. The second-order valence-electron chi connectivity index (χ2n) is 4.03. The van der Waals surface area contributed by atoms with Crippen molar-refractivity contribution in [3.05, 3.63) is 29.6 Å². The van der Waals surface area contributed by atoms with Crippen LogP contribution in [0.5, 0.6) is 0 Å². The van der Waals surface area contributed by atoms with Crippen LogP contribution in [0.2, 0.25) is 0 Å².